The van der Waals surface area contributed by atoms with Gasteiger partial charge in [-0.15, -0.1) is 0 Å². The molecule has 0 aliphatic carbocycles. The van der Waals surface area contributed by atoms with Crippen molar-refractivity contribution in [1.82, 2.24) is 0 Å². The van der Waals surface area contributed by atoms with Gasteiger partial charge in [-0.2, -0.15) is 0 Å². The number of hydrogen-bond donors (Lipinski definition) is 1. The van der Waals surface area contributed by atoms with Crippen LogP contribution in [-0.4, -0.2) is 31.3 Å². The monoisotopic (exact) mass is 622 g/mol. The van der Waals surface area contributed by atoms with Crippen LogP contribution in [-0.2, 0) is 42.7 Å². The zero-order chi connectivity index (χ0) is 34.1. The summed E-state index contributed by atoms with van der Waals surface area (Å²) in [4.78, 5) is 24.4. The number of phenols is 1. The van der Waals surface area contributed by atoms with Crippen molar-refractivity contribution in [3.8, 4) is 5.75 Å². The number of aryl methyl sites for hydroxylation is 1. The van der Waals surface area contributed by atoms with Crippen LogP contribution in [0.15, 0.2) is 97.1 Å². The lowest BCUT2D eigenvalue weighted by Crippen LogP contribution is -2.17. The molecule has 46 heavy (non-hydrogen) atoms. The minimum absolute atomic E-state index is 0.0796. The van der Waals surface area contributed by atoms with Crippen molar-refractivity contribution in [3.63, 3.8) is 0 Å². The zero-order valence-corrected chi connectivity index (χ0v) is 28.9. The van der Waals surface area contributed by atoms with Crippen LogP contribution in [0.2, 0.25) is 0 Å². The summed E-state index contributed by atoms with van der Waals surface area (Å²) in [6, 6.07) is 31.7. The first-order valence-electron chi connectivity index (χ1n) is 15.8. The Hall–Kier alpha value is -4.38. The number of ether oxygens (including phenoxy) is 2. The summed E-state index contributed by atoms with van der Waals surface area (Å²) in [5.41, 5.74) is 7.98. The largest absolute Gasteiger partial charge is 0.508 e. The molecule has 0 heterocycles. The van der Waals surface area contributed by atoms with E-state index in [2.05, 4.69) is 109 Å². The molecular weight excluding hydrogens is 572 g/mol. The van der Waals surface area contributed by atoms with Gasteiger partial charge in [0.1, 0.15) is 5.75 Å². The van der Waals surface area contributed by atoms with Crippen LogP contribution in [0, 0.1) is 6.92 Å². The molecular formula is C41H50O5. The average molecular weight is 623 g/mol. The number of carbonyl (C=O) groups is 2. The first-order chi connectivity index (χ1) is 21.6. The maximum Gasteiger partial charge on any atom is 0.313 e. The fraction of sp³-hybridized carbons (Fsp3) is 0.366. The van der Waals surface area contributed by atoms with Gasteiger partial charge in [0.2, 0.25) is 0 Å². The molecule has 5 nitrogen and oxygen atoms in total. The molecule has 0 bridgehead atoms. The summed E-state index contributed by atoms with van der Waals surface area (Å²) in [6.07, 6.45) is 1.20. The molecule has 4 aromatic carbocycles. The van der Waals surface area contributed by atoms with Crippen LogP contribution in [0.3, 0.4) is 0 Å². The number of phenolic OH excluding ortho intramolecular Hbond substituents is 1. The highest BCUT2D eigenvalue weighted by atomic mass is 16.5. The predicted octanol–water partition coefficient (Wildman–Crippen LogP) is 8.98. The highest BCUT2D eigenvalue weighted by Gasteiger charge is 2.24. The van der Waals surface area contributed by atoms with Crippen LogP contribution in [0.4, 0.5) is 0 Å². The lowest BCUT2D eigenvalue weighted by Gasteiger charge is -2.21. The molecule has 0 spiro atoms. The van der Waals surface area contributed by atoms with Crippen LogP contribution >= 0.6 is 0 Å². The number of aromatic hydroxyl groups is 1. The second kappa shape index (κ2) is 15.8. The first-order valence-corrected chi connectivity index (χ1v) is 15.8. The quantitative estimate of drug-likeness (QED) is 0.199. The van der Waals surface area contributed by atoms with Crippen molar-refractivity contribution in [2.45, 2.75) is 84.0 Å². The molecule has 0 saturated carbocycles. The molecule has 0 saturated heterocycles. The van der Waals surface area contributed by atoms with Gasteiger partial charge in [0.05, 0.1) is 26.1 Å². The van der Waals surface area contributed by atoms with Gasteiger partial charge in [0.25, 0.3) is 0 Å². The van der Waals surface area contributed by atoms with E-state index >= 15 is 0 Å². The van der Waals surface area contributed by atoms with Gasteiger partial charge in [-0.3, -0.25) is 9.59 Å². The summed E-state index contributed by atoms with van der Waals surface area (Å²) in [5.74, 6) is -0.830. The number of benzene rings is 4. The number of hydrogen-bond acceptors (Lipinski definition) is 5. The molecule has 0 radical (unpaired) electrons. The van der Waals surface area contributed by atoms with E-state index in [4.69, 9.17) is 9.47 Å². The predicted molar refractivity (Wildman–Crippen MR) is 186 cm³/mol. The Kier molecular flexibility index (Phi) is 12.4. The van der Waals surface area contributed by atoms with E-state index in [1.165, 1.54) is 30.9 Å². The minimum Gasteiger partial charge on any atom is -0.508 e. The molecule has 0 aliphatic rings. The molecule has 1 N–H and O–H groups in total. The Morgan fingerprint density at radius 2 is 0.891 bits per heavy atom. The van der Waals surface area contributed by atoms with E-state index in [0.29, 0.717) is 12.8 Å². The highest BCUT2D eigenvalue weighted by Crippen LogP contribution is 2.29. The molecule has 0 fully saturated rings. The Balaban J connectivity index is 0.000000250. The van der Waals surface area contributed by atoms with Crippen LogP contribution in [0.5, 0.6) is 5.75 Å². The molecule has 2 atom stereocenters. The number of esters is 2. The molecule has 0 aromatic heterocycles. The standard InChI is InChI=1S/C21H26O2.C20H24O3/c1-15-6-8-16(9-7-15)14-19(20(22)23-5)17-10-12-18(13-11-17)21(2,3)4;1-20(2,3)16-9-7-15(8-10-16)18(19(22)23-4)13-14-5-11-17(21)12-6-14/h6-13,19H,14H2,1-5H3;5-12,18,21H,13H2,1-4H3. The van der Waals surface area contributed by atoms with Crippen molar-refractivity contribution < 1.29 is 24.2 Å². The average Bonchev–Trinajstić information content (AvgIpc) is 3.03. The van der Waals surface area contributed by atoms with E-state index in [-0.39, 0.29) is 40.4 Å². The summed E-state index contributed by atoms with van der Waals surface area (Å²) in [7, 11) is 2.86. The van der Waals surface area contributed by atoms with Crippen LogP contribution in [0.1, 0.15) is 92.3 Å². The van der Waals surface area contributed by atoms with Gasteiger partial charge >= 0.3 is 11.9 Å². The molecule has 0 amide bonds. The van der Waals surface area contributed by atoms with Gasteiger partial charge < -0.3 is 14.6 Å². The Bertz CT molecular complexity index is 1420. The molecule has 4 aromatic rings. The third kappa shape index (κ3) is 10.3. The summed E-state index contributed by atoms with van der Waals surface area (Å²) in [5, 5.41) is 9.38. The Morgan fingerprint density at radius 3 is 1.20 bits per heavy atom. The number of methoxy groups -OCH3 is 2. The third-order valence-corrected chi connectivity index (χ3v) is 8.27. The van der Waals surface area contributed by atoms with Gasteiger partial charge in [-0.05, 0) is 76.1 Å². The van der Waals surface area contributed by atoms with Crippen molar-refractivity contribution in [3.05, 3.63) is 136 Å². The molecule has 4 rings (SSSR count). The SMILES string of the molecule is COC(=O)C(Cc1ccc(C)cc1)c1ccc(C(C)(C)C)cc1.COC(=O)C(Cc1ccc(O)cc1)c1ccc(C(C)(C)C)cc1. The van der Waals surface area contributed by atoms with Gasteiger partial charge in [-0.1, -0.05) is 132 Å². The van der Waals surface area contributed by atoms with Crippen molar-refractivity contribution >= 4 is 11.9 Å². The van der Waals surface area contributed by atoms with E-state index in [0.717, 1.165) is 22.3 Å². The number of carbonyl (C=O) groups excluding carboxylic acids is 2. The zero-order valence-electron chi connectivity index (χ0n) is 28.9. The fourth-order valence-corrected chi connectivity index (χ4v) is 5.22. The van der Waals surface area contributed by atoms with Crippen molar-refractivity contribution in [1.29, 1.82) is 0 Å². The van der Waals surface area contributed by atoms with Gasteiger partial charge in [0, 0.05) is 0 Å². The van der Waals surface area contributed by atoms with E-state index in [1.807, 2.05) is 24.3 Å². The minimum atomic E-state index is -0.349. The van der Waals surface area contributed by atoms with Crippen LogP contribution < -0.4 is 0 Å². The third-order valence-electron chi connectivity index (χ3n) is 8.27. The number of rotatable bonds is 8. The second-order valence-corrected chi connectivity index (χ2v) is 14.0. The Labute approximate surface area is 275 Å². The topological polar surface area (TPSA) is 72.8 Å². The first kappa shape index (κ1) is 36.1. The maximum atomic E-state index is 12.2. The van der Waals surface area contributed by atoms with Crippen LogP contribution in [0.25, 0.3) is 0 Å². The second-order valence-electron chi connectivity index (χ2n) is 14.0. The maximum absolute atomic E-state index is 12.2. The Morgan fingerprint density at radius 1 is 0.565 bits per heavy atom. The lowest BCUT2D eigenvalue weighted by atomic mass is 9.84. The smallest absolute Gasteiger partial charge is 0.313 e. The summed E-state index contributed by atoms with van der Waals surface area (Å²) >= 11 is 0. The van der Waals surface area contributed by atoms with Crippen molar-refractivity contribution in [2.24, 2.45) is 0 Å². The van der Waals surface area contributed by atoms with Gasteiger partial charge in [-0.25, -0.2) is 0 Å². The van der Waals surface area contributed by atoms with E-state index < -0.39 is 0 Å². The van der Waals surface area contributed by atoms with Gasteiger partial charge in [0.15, 0.2) is 0 Å². The van der Waals surface area contributed by atoms with E-state index in [9.17, 15) is 14.7 Å². The van der Waals surface area contributed by atoms with E-state index in [1.54, 1.807) is 12.1 Å². The molecule has 244 valence electrons. The summed E-state index contributed by atoms with van der Waals surface area (Å²) < 4.78 is 9.99. The normalized spacial score (nSPS) is 12.7. The lowest BCUT2D eigenvalue weighted by molar-refractivity contribution is -0.143. The molecule has 5 heteroatoms. The molecule has 0 aliphatic heterocycles. The highest BCUT2D eigenvalue weighted by molar-refractivity contribution is 5.79. The van der Waals surface area contributed by atoms with Crippen molar-refractivity contribution in [2.75, 3.05) is 14.2 Å². The summed E-state index contributed by atoms with van der Waals surface area (Å²) in [6.45, 7) is 15.1. The molecule has 2 unspecified atom stereocenters. The fourth-order valence-electron chi connectivity index (χ4n) is 5.22.